The van der Waals surface area contributed by atoms with Crippen molar-refractivity contribution in [2.75, 3.05) is 24.9 Å². The van der Waals surface area contributed by atoms with Gasteiger partial charge in [0.25, 0.3) is 11.8 Å². The molecule has 3 amide bonds. The van der Waals surface area contributed by atoms with E-state index in [1.54, 1.807) is 87.0 Å². The first-order valence-electron chi connectivity index (χ1n) is 16.4. The first-order chi connectivity index (χ1) is 26.2. The van der Waals surface area contributed by atoms with Gasteiger partial charge in [0.1, 0.15) is 10.9 Å². The van der Waals surface area contributed by atoms with E-state index in [4.69, 9.17) is 32.7 Å². The summed E-state index contributed by atoms with van der Waals surface area (Å²) in [6, 6.07) is 35.4. The van der Waals surface area contributed by atoms with Crippen LogP contribution in [0.3, 0.4) is 0 Å². The molecule has 0 aliphatic carbocycles. The summed E-state index contributed by atoms with van der Waals surface area (Å²) in [6.07, 6.45) is 1.43. The first-order valence-corrected chi connectivity index (χ1v) is 18.9. The van der Waals surface area contributed by atoms with Crippen LogP contribution >= 0.6 is 46.3 Å². The third kappa shape index (κ3) is 9.49. The number of hydrogen-bond acceptors (Lipinski definition) is 8. The number of carbonyl (C=O) groups excluding carboxylic acids is 3. The van der Waals surface area contributed by atoms with Gasteiger partial charge in [0.15, 0.2) is 16.6 Å². The number of nitrogens with zero attached hydrogens (tertiary/aromatic N) is 1. The van der Waals surface area contributed by atoms with E-state index in [-0.39, 0.29) is 11.6 Å². The number of carbonyl (C=O) groups is 3. The van der Waals surface area contributed by atoms with Gasteiger partial charge in [-0.05, 0) is 72.3 Å². The van der Waals surface area contributed by atoms with Gasteiger partial charge in [-0.25, -0.2) is 4.98 Å². The lowest BCUT2D eigenvalue weighted by Crippen LogP contribution is -2.30. The lowest BCUT2D eigenvalue weighted by molar-refractivity contribution is -0.116. The van der Waals surface area contributed by atoms with Crippen molar-refractivity contribution < 1.29 is 23.9 Å². The van der Waals surface area contributed by atoms with Gasteiger partial charge < -0.3 is 25.4 Å². The number of methoxy groups -OCH3 is 2. The summed E-state index contributed by atoms with van der Waals surface area (Å²) in [7, 11) is 3.14. The third-order valence-corrected chi connectivity index (χ3v) is 10.6. The zero-order valence-corrected chi connectivity index (χ0v) is 32.0. The summed E-state index contributed by atoms with van der Waals surface area (Å²) in [5.74, 6) is -0.202. The van der Waals surface area contributed by atoms with Gasteiger partial charge in [-0.2, -0.15) is 0 Å². The van der Waals surface area contributed by atoms with Gasteiger partial charge in [0.05, 0.1) is 19.9 Å². The van der Waals surface area contributed by atoms with Crippen LogP contribution in [-0.2, 0) is 9.59 Å². The van der Waals surface area contributed by atoms with Crippen molar-refractivity contribution >= 4 is 80.9 Å². The maximum absolute atomic E-state index is 13.9. The summed E-state index contributed by atoms with van der Waals surface area (Å²) < 4.78 is 10.8. The lowest BCUT2D eigenvalue weighted by atomic mass is 10.1. The summed E-state index contributed by atoms with van der Waals surface area (Å²) in [6.45, 7) is 0. The minimum Gasteiger partial charge on any atom is -0.493 e. The van der Waals surface area contributed by atoms with Crippen molar-refractivity contribution in [3.8, 4) is 22.8 Å². The highest BCUT2D eigenvalue weighted by molar-refractivity contribution is 8.00. The minimum absolute atomic E-state index is 0.0747. The number of anilines is 2. The number of amides is 3. The van der Waals surface area contributed by atoms with E-state index in [2.05, 4.69) is 20.9 Å². The number of ether oxygens (including phenoxy) is 2. The fourth-order valence-electron chi connectivity index (χ4n) is 5.25. The van der Waals surface area contributed by atoms with E-state index in [1.165, 1.54) is 29.2 Å². The van der Waals surface area contributed by atoms with Crippen LogP contribution in [0, 0.1) is 0 Å². The van der Waals surface area contributed by atoms with Crippen LogP contribution in [-0.4, -0.2) is 36.9 Å². The Morgan fingerprint density at radius 1 is 0.778 bits per heavy atom. The molecule has 0 aliphatic heterocycles. The van der Waals surface area contributed by atoms with Crippen LogP contribution in [0.5, 0.6) is 11.5 Å². The topological polar surface area (TPSA) is 119 Å². The molecule has 54 heavy (non-hydrogen) atoms. The molecular formula is C41H32Cl2N4O5S2. The van der Waals surface area contributed by atoms with E-state index in [1.807, 2.05) is 53.9 Å². The van der Waals surface area contributed by atoms with Crippen LogP contribution in [0.4, 0.5) is 10.8 Å². The van der Waals surface area contributed by atoms with E-state index in [0.29, 0.717) is 54.1 Å². The average Bonchev–Trinajstić information content (AvgIpc) is 3.66. The maximum Gasteiger partial charge on any atom is 0.272 e. The molecule has 9 nitrogen and oxygen atoms in total. The fraction of sp³-hybridized carbons (Fsp3) is 0.0732. The Kier molecular flexibility index (Phi) is 12.7. The molecule has 272 valence electrons. The number of hydrogen-bond donors (Lipinski definition) is 3. The number of thioether (sulfide) groups is 1. The number of halogens is 2. The molecule has 5 aromatic carbocycles. The predicted octanol–water partition coefficient (Wildman–Crippen LogP) is 10.0. The van der Waals surface area contributed by atoms with Gasteiger partial charge in [-0.1, -0.05) is 83.9 Å². The summed E-state index contributed by atoms with van der Waals surface area (Å²) >= 11 is 15.5. The molecule has 1 atom stereocenters. The van der Waals surface area contributed by atoms with E-state index in [9.17, 15) is 14.4 Å². The largest absolute Gasteiger partial charge is 0.493 e. The van der Waals surface area contributed by atoms with Crippen molar-refractivity contribution in [3.05, 3.63) is 159 Å². The smallest absolute Gasteiger partial charge is 0.272 e. The highest BCUT2D eigenvalue weighted by Gasteiger charge is 2.24. The fourth-order valence-corrected chi connectivity index (χ4v) is 7.56. The van der Waals surface area contributed by atoms with Gasteiger partial charge in [-0.15, -0.1) is 23.1 Å². The zero-order valence-electron chi connectivity index (χ0n) is 28.8. The van der Waals surface area contributed by atoms with Crippen molar-refractivity contribution in [1.29, 1.82) is 0 Å². The Labute approximate surface area is 330 Å². The molecule has 3 N–H and O–H groups in total. The number of benzene rings is 5. The molecule has 0 aliphatic rings. The first kappa shape index (κ1) is 38.1. The monoisotopic (exact) mass is 794 g/mol. The molecule has 1 heterocycles. The normalized spacial score (nSPS) is 11.7. The highest BCUT2D eigenvalue weighted by Crippen LogP contribution is 2.38. The molecule has 0 radical (unpaired) electrons. The number of aromatic nitrogens is 1. The number of nitrogens with one attached hydrogen (secondary N) is 3. The Balaban J connectivity index is 1.22. The second-order valence-corrected chi connectivity index (χ2v) is 14.4. The Hall–Kier alpha value is -5.59. The molecule has 6 aromatic rings. The van der Waals surface area contributed by atoms with Crippen LogP contribution in [0.15, 0.2) is 137 Å². The lowest BCUT2D eigenvalue weighted by Gasteiger charge is -2.17. The Morgan fingerprint density at radius 3 is 2.17 bits per heavy atom. The van der Waals surface area contributed by atoms with E-state index in [0.717, 1.165) is 11.1 Å². The highest BCUT2D eigenvalue weighted by atomic mass is 35.5. The van der Waals surface area contributed by atoms with Gasteiger partial charge >= 0.3 is 0 Å². The van der Waals surface area contributed by atoms with Crippen molar-refractivity contribution in [3.63, 3.8) is 0 Å². The number of rotatable bonds is 13. The maximum atomic E-state index is 13.9. The van der Waals surface area contributed by atoms with Crippen LogP contribution in [0.1, 0.15) is 26.7 Å². The second kappa shape index (κ2) is 18.0. The predicted molar refractivity (Wildman–Crippen MR) is 218 cm³/mol. The van der Waals surface area contributed by atoms with Crippen molar-refractivity contribution in [2.24, 2.45) is 0 Å². The SMILES string of the molecule is COc1ccc(-c2csc(NC(=O)C(Sc3cccc(NC(=O)/C(=C\c4c(Cl)cccc4Cl)NC(=O)c4ccccc4)c3)c3ccccc3)n2)cc1OC. The van der Waals surface area contributed by atoms with Gasteiger partial charge in [-0.3, -0.25) is 14.4 Å². The zero-order chi connectivity index (χ0) is 38.0. The van der Waals surface area contributed by atoms with Crippen LogP contribution < -0.4 is 25.4 Å². The van der Waals surface area contributed by atoms with Gasteiger partial charge in [0.2, 0.25) is 5.91 Å². The molecule has 0 saturated heterocycles. The van der Waals surface area contributed by atoms with Gasteiger partial charge in [0, 0.05) is 42.7 Å². The summed E-state index contributed by atoms with van der Waals surface area (Å²) in [5, 5.41) is 10.8. The van der Waals surface area contributed by atoms with Crippen LogP contribution in [0.2, 0.25) is 10.0 Å². The summed E-state index contributed by atoms with van der Waals surface area (Å²) in [4.78, 5) is 46.2. The molecular weight excluding hydrogens is 764 g/mol. The third-order valence-electron chi connectivity index (χ3n) is 7.92. The Bertz CT molecular complexity index is 2300. The molecule has 0 saturated carbocycles. The summed E-state index contributed by atoms with van der Waals surface area (Å²) in [5.41, 5.74) is 3.35. The number of thiazole rings is 1. The molecule has 6 rings (SSSR count). The van der Waals surface area contributed by atoms with E-state index < -0.39 is 17.1 Å². The molecule has 0 spiro atoms. The Morgan fingerprint density at radius 2 is 1.46 bits per heavy atom. The van der Waals surface area contributed by atoms with Crippen LogP contribution in [0.25, 0.3) is 17.3 Å². The molecule has 0 bridgehead atoms. The molecule has 1 unspecified atom stereocenters. The van der Waals surface area contributed by atoms with Crippen molar-refractivity contribution in [2.45, 2.75) is 10.1 Å². The van der Waals surface area contributed by atoms with E-state index >= 15 is 0 Å². The molecule has 13 heteroatoms. The molecule has 1 aromatic heterocycles. The standard InChI is InChI=1S/C41H32Cl2N4O5S2/c1-51-35-20-19-27(21-36(35)52-2)34-24-53-41(46-34)47-40(50)37(25-11-5-3-6-12-25)54-29-16-9-15-28(22-29)44-39(49)33(23-30-31(42)17-10-18-32(30)43)45-38(48)26-13-7-4-8-14-26/h3-24,37H,1-2H3,(H,44,49)(H,45,48)(H,46,47,50)/b33-23+. The van der Waals surface area contributed by atoms with Crippen molar-refractivity contribution in [1.82, 2.24) is 10.3 Å². The molecule has 0 fully saturated rings. The quantitative estimate of drug-likeness (QED) is 0.0787. The average molecular weight is 796 g/mol. The minimum atomic E-state index is -0.673. The second-order valence-electron chi connectivity index (χ2n) is 11.5.